The van der Waals surface area contributed by atoms with Gasteiger partial charge in [0.1, 0.15) is 0 Å². The number of rotatable bonds is 5. The lowest BCUT2D eigenvalue weighted by molar-refractivity contribution is 0.628. The van der Waals surface area contributed by atoms with Gasteiger partial charge in [0.2, 0.25) is 0 Å². The zero-order valence-corrected chi connectivity index (χ0v) is 21.0. The Labute approximate surface area is 218 Å². The van der Waals surface area contributed by atoms with Gasteiger partial charge in [-0.15, -0.1) is 0 Å². The van der Waals surface area contributed by atoms with E-state index in [1.165, 1.54) is 11.1 Å². The van der Waals surface area contributed by atoms with Gasteiger partial charge >= 0.3 is 0 Å². The van der Waals surface area contributed by atoms with Crippen molar-refractivity contribution in [2.75, 3.05) is 13.6 Å². The highest BCUT2D eigenvalue weighted by molar-refractivity contribution is 5.43. The summed E-state index contributed by atoms with van der Waals surface area (Å²) >= 11 is 0. The van der Waals surface area contributed by atoms with Gasteiger partial charge in [0, 0.05) is 17.3 Å². The summed E-state index contributed by atoms with van der Waals surface area (Å²) in [6.45, 7) is 0.882. The summed E-state index contributed by atoms with van der Waals surface area (Å²) < 4.78 is 0. The molecule has 1 N–H and O–H groups in total. The molecule has 4 nitrogen and oxygen atoms in total. The molecule has 182 valence electrons. The molecule has 4 heterocycles. The van der Waals surface area contributed by atoms with Crippen molar-refractivity contribution in [1.29, 1.82) is 0 Å². The molecule has 0 amide bonds. The van der Waals surface area contributed by atoms with Gasteiger partial charge in [-0.25, -0.2) is 0 Å². The van der Waals surface area contributed by atoms with E-state index in [4.69, 9.17) is 15.0 Å². The first-order valence-corrected chi connectivity index (χ1v) is 13.0. The summed E-state index contributed by atoms with van der Waals surface area (Å²) in [6, 6.07) is 40.4. The topological polar surface area (TPSA) is 50.7 Å². The molecule has 2 atom stereocenters. The highest BCUT2D eigenvalue weighted by atomic mass is 14.8. The van der Waals surface area contributed by atoms with Crippen LogP contribution in [0, 0.1) is 0 Å². The van der Waals surface area contributed by atoms with Crippen LogP contribution in [0.4, 0.5) is 0 Å². The molecule has 1 aliphatic heterocycles. The van der Waals surface area contributed by atoms with Crippen LogP contribution >= 0.6 is 0 Å². The lowest BCUT2D eigenvalue weighted by Crippen LogP contribution is -2.18. The smallest absolute Gasteiger partial charge is 0.0686 e. The molecular formula is C33H30N4. The zero-order chi connectivity index (χ0) is 25.0. The maximum Gasteiger partial charge on any atom is 0.0686 e. The first kappa shape index (κ1) is 23.3. The van der Waals surface area contributed by atoms with E-state index in [1.807, 2.05) is 7.05 Å². The summed E-state index contributed by atoms with van der Waals surface area (Å²) in [6.07, 6.45) is 0.916. The molecule has 0 saturated carbocycles. The SMILES string of the molecule is CNCCC1c2cccc(n2)C(c2ccccc2)c2cccc(n2)C(c2ccccc2)c2cccc1n2. The van der Waals surface area contributed by atoms with Gasteiger partial charge in [0.25, 0.3) is 0 Å². The average molecular weight is 483 g/mol. The van der Waals surface area contributed by atoms with Crippen LogP contribution in [0.5, 0.6) is 0 Å². The molecule has 4 heteroatoms. The minimum atomic E-state index is -0.0619. The molecule has 3 aromatic heterocycles. The second kappa shape index (κ2) is 10.5. The quantitative estimate of drug-likeness (QED) is 0.320. The van der Waals surface area contributed by atoms with E-state index in [0.29, 0.717) is 0 Å². The number of nitrogens with one attached hydrogen (secondary N) is 1. The van der Waals surface area contributed by atoms with Crippen molar-refractivity contribution in [2.45, 2.75) is 24.2 Å². The number of fused-ring (bicyclic) bond motifs is 6. The van der Waals surface area contributed by atoms with Crippen molar-refractivity contribution >= 4 is 0 Å². The molecule has 6 bridgehead atoms. The van der Waals surface area contributed by atoms with Crippen molar-refractivity contribution in [1.82, 2.24) is 20.3 Å². The van der Waals surface area contributed by atoms with Crippen LogP contribution in [0.3, 0.4) is 0 Å². The Morgan fingerprint density at radius 3 is 1.27 bits per heavy atom. The molecular weight excluding hydrogens is 452 g/mol. The number of benzene rings is 2. The third-order valence-electron chi connectivity index (χ3n) is 7.22. The molecule has 0 spiro atoms. The summed E-state index contributed by atoms with van der Waals surface area (Å²) in [4.78, 5) is 15.9. The fourth-order valence-electron chi connectivity index (χ4n) is 5.45. The second-order valence-electron chi connectivity index (χ2n) is 9.59. The average Bonchev–Trinajstić information content (AvgIpc) is 2.95. The van der Waals surface area contributed by atoms with Crippen LogP contribution in [0.25, 0.3) is 0 Å². The van der Waals surface area contributed by atoms with Crippen molar-refractivity contribution in [3.8, 4) is 0 Å². The largest absolute Gasteiger partial charge is 0.320 e. The fourth-order valence-corrected chi connectivity index (χ4v) is 5.45. The Balaban J connectivity index is 1.64. The molecule has 0 fully saturated rings. The van der Waals surface area contributed by atoms with E-state index in [2.05, 4.69) is 121 Å². The van der Waals surface area contributed by atoms with Crippen LogP contribution in [0.2, 0.25) is 0 Å². The summed E-state index contributed by atoms with van der Waals surface area (Å²) in [5.74, 6) is -0.0349. The minimum Gasteiger partial charge on any atom is -0.320 e. The van der Waals surface area contributed by atoms with Gasteiger partial charge in [0.15, 0.2) is 0 Å². The number of aromatic nitrogens is 3. The van der Waals surface area contributed by atoms with Gasteiger partial charge in [-0.2, -0.15) is 0 Å². The third-order valence-corrected chi connectivity index (χ3v) is 7.22. The van der Waals surface area contributed by atoms with Crippen molar-refractivity contribution < 1.29 is 0 Å². The maximum atomic E-state index is 5.31. The van der Waals surface area contributed by atoms with Crippen molar-refractivity contribution in [2.24, 2.45) is 0 Å². The Morgan fingerprint density at radius 2 is 0.865 bits per heavy atom. The molecule has 1 aliphatic rings. The lowest BCUT2D eigenvalue weighted by atomic mass is 9.87. The summed E-state index contributed by atoms with van der Waals surface area (Å²) in [5, 5.41) is 3.33. The van der Waals surface area contributed by atoms with Crippen LogP contribution in [-0.2, 0) is 0 Å². The normalized spacial score (nSPS) is 18.5. The molecule has 5 aromatic rings. The molecule has 0 saturated heterocycles. The number of pyridine rings is 3. The van der Waals surface area contributed by atoms with Crippen LogP contribution in [-0.4, -0.2) is 28.5 Å². The molecule has 2 unspecified atom stereocenters. The standard InChI is InChI=1S/C33H30N4/c1-34-22-21-25-26-15-8-17-28(35-26)32(23-11-4-2-5-12-23)30-19-10-20-31(37-30)33(24-13-6-3-7-14-24)29-18-9-16-27(25)36-29/h2-20,25,32-34H,21-22H2,1H3. The highest BCUT2D eigenvalue weighted by Gasteiger charge is 2.27. The fraction of sp³-hybridized carbons (Fsp3) is 0.182. The van der Waals surface area contributed by atoms with Crippen LogP contribution < -0.4 is 5.32 Å². The third kappa shape index (κ3) is 4.68. The van der Waals surface area contributed by atoms with E-state index in [1.54, 1.807) is 0 Å². The predicted molar refractivity (Wildman–Crippen MR) is 148 cm³/mol. The first-order chi connectivity index (χ1) is 18.3. The van der Waals surface area contributed by atoms with E-state index in [9.17, 15) is 0 Å². The number of hydrogen-bond donors (Lipinski definition) is 1. The summed E-state index contributed by atoms with van der Waals surface area (Å²) in [5.41, 5.74) is 8.49. The van der Waals surface area contributed by atoms with Crippen LogP contribution in [0.1, 0.15) is 69.5 Å². The van der Waals surface area contributed by atoms with Crippen molar-refractivity contribution in [3.63, 3.8) is 0 Å². The lowest BCUT2D eigenvalue weighted by Gasteiger charge is -2.25. The van der Waals surface area contributed by atoms with Crippen LogP contribution in [0.15, 0.2) is 115 Å². The Morgan fingerprint density at radius 1 is 0.486 bits per heavy atom. The molecule has 37 heavy (non-hydrogen) atoms. The highest BCUT2D eigenvalue weighted by Crippen LogP contribution is 2.37. The Hall–Kier alpha value is -4.15. The number of hydrogen-bond acceptors (Lipinski definition) is 4. The second-order valence-corrected chi connectivity index (χ2v) is 9.59. The van der Waals surface area contributed by atoms with E-state index >= 15 is 0 Å². The maximum absolute atomic E-state index is 5.31. The monoisotopic (exact) mass is 482 g/mol. The Kier molecular flexibility index (Phi) is 6.57. The van der Waals surface area contributed by atoms with Gasteiger partial charge in [-0.3, -0.25) is 15.0 Å². The van der Waals surface area contributed by atoms with E-state index in [-0.39, 0.29) is 17.8 Å². The van der Waals surface area contributed by atoms with Gasteiger partial charge in [-0.1, -0.05) is 78.9 Å². The Bertz CT molecular complexity index is 1380. The zero-order valence-electron chi connectivity index (χ0n) is 21.0. The molecule has 6 rings (SSSR count). The predicted octanol–water partition coefficient (Wildman–Crippen LogP) is 6.29. The summed E-state index contributed by atoms with van der Waals surface area (Å²) in [7, 11) is 2.00. The molecule has 2 aromatic carbocycles. The first-order valence-electron chi connectivity index (χ1n) is 13.0. The van der Waals surface area contributed by atoms with Gasteiger partial charge < -0.3 is 5.32 Å². The molecule has 0 aliphatic carbocycles. The minimum absolute atomic E-state index is 0.0619. The van der Waals surface area contributed by atoms with Gasteiger partial charge in [-0.05, 0) is 67.5 Å². The van der Waals surface area contributed by atoms with E-state index < -0.39 is 0 Å². The van der Waals surface area contributed by atoms with E-state index in [0.717, 1.165) is 47.1 Å². The van der Waals surface area contributed by atoms with Crippen molar-refractivity contribution in [3.05, 3.63) is 161 Å². The van der Waals surface area contributed by atoms with Gasteiger partial charge in [0.05, 0.1) is 34.6 Å². The number of nitrogens with zero attached hydrogens (tertiary/aromatic N) is 3. The molecule has 0 radical (unpaired) electrons.